The number of H-pyrrole nitrogens is 1. The van der Waals surface area contributed by atoms with Gasteiger partial charge < -0.3 is 4.74 Å². The lowest BCUT2D eigenvalue weighted by atomic mass is 10.1. The molecule has 3 rings (SSSR count). The molecule has 0 radical (unpaired) electrons. The molecule has 0 amide bonds. The third kappa shape index (κ3) is 2.76. The molecule has 0 aliphatic carbocycles. The highest BCUT2D eigenvalue weighted by molar-refractivity contribution is 5.94. The Bertz CT molecular complexity index is 753. The Balaban J connectivity index is 1.82. The monoisotopic (exact) mass is 281 g/mol. The van der Waals surface area contributed by atoms with Crippen LogP contribution >= 0.6 is 0 Å². The molecule has 1 N–H and O–H groups in total. The average Bonchev–Trinajstić information content (AvgIpc) is 2.97. The SMILES string of the molecule is CC(=O)c1[nH]nnc1Oc1ccc(-c2cnccn2)cc1. The van der Waals surface area contributed by atoms with Crippen LogP contribution in [0.2, 0.25) is 0 Å². The first-order valence-electron chi connectivity index (χ1n) is 6.20. The lowest BCUT2D eigenvalue weighted by molar-refractivity contribution is 0.101. The smallest absolute Gasteiger partial charge is 0.269 e. The Morgan fingerprint density at radius 2 is 2.00 bits per heavy atom. The maximum atomic E-state index is 11.4. The molecule has 0 spiro atoms. The van der Waals surface area contributed by atoms with E-state index in [0.717, 1.165) is 11.3 Å². The highest BCUT2D eigenvalue weighted by Gasteiger charge is 2.13. The molecule has 0 saturated heterocycles. The summed E-state index contributed by atoms with van der Waals surface area (Å²) in [6, 6.07) is 7.24. The summed E-state index contributed by atoms with van der Waals surface area (Å²) in [5.41, 5.74) is 1.94. The van der Waals surface area contributed by atoms with Gasteiger partial charge in [-0.2, -0.15) is 0 Å². The minimum absolute atomic E-state index is 0.162. The average molecular weight is 281 g/mol. The third-order valence-corrected chi connectivity index (χ3v) is 2.80. The molecule has 0 bridgehead atoms. The summed E-state index contributed by atoms with van der Waals surface area (Å²) in [5, 5.41) is 9.82. The summed E-state index contributed by atoms with van der Waals surface area (Å²) in [6.45, 7) is 1.42. The zero-order chi connectivity index (χ0) is 14.7. The van der Waals surface area contributed by atoms with E-state index in [2.05, 4.69) is 25.4 Å². The van der Waals surface area contributed by atoms with Crippen LogP contribution in [0.15, 0.2) is 42.9 Å². The second-order valence-electron chi connectivity index (χ2n) is 4.27. The molecule has 0 aliphatic rings. The lowest BCUT2D eigenvalue weighted by Crippen LogP contribution is -1.96. The molecule has 0 atom stereocenters. The van der Waals surface area contributed by atoms with Crippen LogP contribution in [0, 0.1) is 0 Å². The van der Waals surface area contributed by atoms with Crippen LogP contribution in [0.3, 0.4) is 0 Å². The Labute approximate surface area is 120 Å². The number of Topliss-reactive ketones (excluding diaryl/α,β-unsaturated/α-hetero) is 1. The van der Waals surface area contributed by atoms with Gasteiger partial charge in [-0.1, -0.05) is 10.3 Å². The van der Waals surface area contributed by atoms with E-state index in [4.69, 9.17) is 4.74 Å². The Hall–Kier alpha value is -3.09. The van der Waals surface area contributed by atoms with Crippen LogP contribution in [0.25, 0.3) is 11.3 Å². The van der Waals surface area contributed by atoms with E-state index >= 15 is 0 Å². The quantitative estimate of drug-likeness (QED) is 0.737. The van der Waals surface area contributed by atoms with Gasteiger partial charge in [0.15, 0.2) is 11.5 Å². The molecule has 0 saturated carbocycles. The van der Waals surface area contributed by atoms with Crippen LogP contribution in [0.5, 0.6) is 11.6 Å². The van der Waals surface area contributed by atoms with Crippen LogP contribution in [0.1, 0.15) is 17.4 Å². The maximum absolute atomic E-state index is 11.4. The number of aromatic amines is 1. The van der Waals surface area contributed by atoms with Gasteiger partial charge >= 0.3 is 0 Å². The van der Waals surface area contributed by atoms with E-state index in [0.29, 0.717) is 5.75 Å². The number of rotatable bonds is 4. The molecule has 2 heterocycles. The number of carbonyl (C=O) groups is 1. The molecule has 2 aromatic heterocycles. The second kappa shape index (κ2) is 5.49. The van der Waals surface area contributed by atoms with Crippen molar-refractivity contribution in [3.63, 3.8) is 0 Å². The molecule has 0 unspecified atom stereocenters. The highest BCUT2D eigenvalue weighted by atomic mass is 16.5. The van der Waals surface area contributed by atoms with Gasteiger partial charge in [0.2, 0.25) is 0 Å². The first-order valence-corrected chi connectivity index (χ1v) is 6.20. The number of ketones is 1. The number of hydrogen-bond donors (Lipinski definition) is 1. The Morgan fingerprint density at radius 3 is 2.67 bits per heavy atom. The first-order chi connectivity index (χ1) is 10.2. The van der Waals surface area contributed by atoms with Crippen molar-refractivity contribution in [1.29, 1.82) is 0 Å². The fourth-order valence-corrected chi connectivity index (χ4v) is 1.77. The van der Waals surface area contributed by atoms with Crippen LogP contribution in [-0.4, -0.2) is 31.2 Å². The number of aromatic nitrogens is 5. The van der Waals surface area contributed by atoms with Crippen molar-refractivity contribution in [2.24, 2.45) is 0 Å². The lowest BCUT2D eigenvalue weighted by Gasteiger charge is -2.04. The molecule has 0 aliphatic heterocycles. The van der Waals surface area contributed by atoms with Gasteiger partial charge in [-0.3, -0.25) is 19.9 Å². The molecule has 1 aromatic carbocycles. The summed E-state index contributed by atoms with van der Waals surface area (Å²) in [6.07, 6.45) is 4.93. The molecule has 104 valence electrons. The topological polar surface area (TPSA) is 93.7 Å². The van der Waals surface area contributed by atoms with Crippen molar-refractivity contribution in [3.05, 3.63) is 48.5 Å². The highest BCUT2D eigenvalue weighted by Crippen LogP contribution is 2.24. The molecule has 7 heteroatoms. The normalized spacial score (nSPS) is 10.3. The summed E-state index contributed by atoms with van der Waals surface area (Å²) >= 11 is 0. The number of benzene rings is 1. The Kier molecular flexibility index (Phi) is 3.38. The molecule has 21 heavy (non-hydrogen) atoms. The number of nitrogens with zero attached hydrogens (tertiary/aromatic N) is 4. The van der Waals surface area contributed by atoms with Crippen molar-refractivity contribution in [2.75, 3.05) is 0 Å². The van der Waals surface area contributed by atoms with Crippen molar-refractivity contribution >= 4 is 5.78 Å². The third-order valence-electron chi connectivity index (χ3n) is 2.80. The van der Waals surface area contributed by atoms with Gasteiger partial charge in [0.05, 0.1) is 11.9 Å². The van der Waals surface area contributed by atoms with E-state index in [9.17, 15) is 4.79 Å². The maximum Gasteiger partial charge on any atom is 0.269 e. The summed E-state index contributed by atoms with van der Waals surface area (Å²) in [4.78, 5) is 19.6. The predicted molar refractivity (Wildman–Crippen MR) is 73.9 cm³/mol. The molecule has 7 nitrogen and oxygen atoms in total. The van der Waals surface area contributed by atoms with E-state index in [1.165, 1.54) is 6.92 Å². The fraction of sp³-hybridized carbons (Fsp3) is 0.0714. The van der Waals surface area contributed by atoms with Crippen molar-refractivity contribution in [1.82, 2.24) is 25.4 Å². The molecule has 0 fully saturated rings. The van der Waals surface area contributed by atoms with Crippen LogP contribution < -0.4 is 4.74 Å². The minimum Gasteiger partial charge on any atom is -0.436 e. The zero-order valence-corrected chi connectivity index (χ0v) is 11.1. The van der Waals surface area contributed by atoms with Gasteiger partial charge in [0, 0.05) is 24.9 Å². The van der Waals surface area contributed by atoms with Crippen LogP contribution in [-0.2, 0) is 0 Å². The Morgan fingerprint density at radius 1 is 1.19 bits per heavy atom. The number of nitrogens with one attached hydrogen (secondary N) is 1. The van der Waals surface area contributed by atoms with Crippen molar-refractivity contribution < 1.29 is 9.53 Å². The molecular formula is C14H11N5O2. The van der Waals surface area contributed by atoms with Crippen molar-refractivity contribution in [2.45, 2.75) is 6.92 Å². The molecular weight excluding hydrogens is 270 g/mol. The summed E-state index contributed by atoms with van der Waals surface area (Å²) in [5.74, 6) is 0.528. The number of ether oxygens (including phenoxy) is 1. The van der Waals surface area contributed by atoms with E-state index in [1.807, 2.05) is 12.1 Å². The molecule has 3 aromatic rings. The zero-order valence-electron chi connectivity index (χ0n) is 11.1. The first kappa shape index (κ1) is 12.9. The van der Waals surface area contributed by atoms with Gasteiger partial charge in [0.25, 0.3) is 5.88 Å². The van der Waals surface area contributed by atoms with E-state index < -0.39 is 0 Å². The standard InChI is InChI=1S/C14H11N5O2/c1-9(20)13-14(18-19-17-13)21-11-4-2-10(3-5-11)12-8-15-6-7-16-12/h2-8H,1H3,(H,17,18,19). The minimum atomic E-state index is -0.189. The van der Waals surface area contributed by atoms with Gasteiger partial charge in [0.1, 0.15) is 5.75 Å². The van der Waals surface area contributed by atoms with Gasteiger partial charge in [-0.15, -0.1) is 0 Å². The van der Waals surface area contributed by atoms with Crippen molar-refractivity contribution in [3.8, 4) is 22.9 Å². The fourth-order valence-electron chi connectivity index (χ4n) is 1.77. The van der Waals surface area contributed by atoms with Gasteiger partial charge in [-0.25, -0.2) is 0 Å². The van der Waals surface area contributed by atoms with E-state index in [1.54, 1.807) is 30.7 Å². The van der Waals surface area contributed by atoms with Gasteiger partial charge in [-0.05, 0) is 24.3 Å². The summed E-state index contributed by atoms with van der Waals surface area (Å²) in [7, 11) is 0. The van der Waals surface area contributed by atoms with E-state index in [-0.39, 0.29) is 17.4 Å². The largest absolute Gasteiger partial charge is 0.436 e. The number of hydrogen-bond acceptors (Lipinski definition) is 6. The predicted octanol–water partition coefficient (Wildman–Crippen LogP) is 2.26. The summed E-state index contributed by atoms with van der Waals surface area (Å²) < 4.78 is 5.54. The second-order valence-corrected chi connectivity index (χ2v) is 4.27. The van der Waals surface area contributed by atoms with Crippen LogP contribution in [0.4, 0.5) is 0 Å². The number of carbonyl (C=O) groups excluding carboxylic acids is 1.